The highest BCUT2D eigenvalue weighted by Crippen LogP contribution is 2.34. The van der Waals surface area contributed by atoms with E-state index in [9.17, 15) is 13.2 Å². The van der Waals surface area contributed by atoms with Gasteiger partial charge in [0.25, 0.3) is 10.0 Å². The molecule has 2 aromatic heterocycles. The third kappa shape index (κ3) is 4.66. The van der Waals surface area contributed by atoms with Crippen LogP contribution in [0.5, 0.6) is 5.75 Å². The van der Waals surface area contributed by atoms with Crippen LogP contribution in [-0.2, 0) is 10.0 Å². The molecule has 0 aliphatic heterocycles. The summed E-state index contributed by atoms with van der Waals surface area (Å²) in [5.74, 6) is 0.510. The number of carbonyl (C=O) groups is 1. The van der Waals surface area contributed by atoms with Gasteiger partial charge in [-0.3, -0.25) is 4.98 Å². The average Bonchev–Trinajstić information content (AvgIpc) is 3.34. The standard InChI is InChI=1S/C26H19ClN4O4S/c1-35-22-13-20(12-21(27)15-22)25-24(18-8-10-28-11-9-18)16-31(29-25)26(32)30-36(33,34)23-7-6-17-4-2-3-5-19(17)14-23/h2-16H,1H3,(H,30,32). The third-order valence-electron chi connectivity index (χ3n) is 5.55. The fourth-order valence-corrected chi connectivity index (χ4v) is 5.00. The molecular weight excluding hydrogens is 500 g/mol. The molecule has 2 heterocycles. The van der Waals surface area contributed by atoms with Crippen molar-refractivity contribution in [1.29, 1.82) is 0 Å². The summed E-state index contributed by atoms with van der Waals surface area (Å²) in [7, 11) is -2.64. The maximum Gasteiger partial charge on any atom is 0.355 e. The van der Waals surface area contributed by atoms with E-state index in [1.54, 1.807) is 54.9 Å². The van der Waals surface area contributed by atoms with Crippen LogP contribution >= 0.6 is 11.6 Å². The molecule has 5 rings (SSSR count). The first-order valence-electron chi connectivity index (χ1n) is 10.7. The monoisotopic (exact) mass is 518 g/mol. The summed E-state index contributed by atoms with van der Waals surface area (Å²) >= 11 is 6.26. The van der Waals surface area contributed by atoms with Crippen LogP contribution in [-0.4, -0.2) is 36.3 Å². The number of fused-ring (bicyclic) bond motifs is 1. The van der Waals surface area contributed by atoms with Crippen LogP contribution in [0.3, 0.4) is 0 Å². The Bertz CT molecular complexity index is 1700. The molecule has 5 aromatic rings. The Labute approximate surface area is 212 Å². The fourth-order valence-electron chi connectivity index (χ4n) is 3.81. The number of methoxy groups -OCH3 is 1. The van der Waals surface area contributed by atoms with Gasteiger partial charge in [-0.1, -0.05) is 41.9 Å². The highest BCUT2D eigenvalue weighted by molar-refractivity contribution is 7.90. The summed E-state index contributed by atoms with van der Waals surface area (Å²) in [6.45, 7) is 0. The molecule has 0 aliphatic carbocycles. The molecule has 10 heteroatoms. The Morgan fingerprint density at radius 3 is 2.44 bits per heavy atom. The first kappa shape index (κ1) is 23.5. The lowest BCUT2D eigenvalue weighted by atomic mass is 10.0. The maximum atomic E-state index is 13.1. The lowest BCUT2D eigenvalue weighted by molar-refractivity contribution is 0.244. The molecule has 0 aliphatic rings. The summed E-state index contributed by atoms with van der Waals surface area (Å²) in [6.07, 6.45) is 4.68. The Hall–Kier alpha value is -4.21. The number of pyridine rings is 1. The highest BCUT2D eigenvalue weighted by atomic mass is 35.5. The van der Waals surface area contributed by atoms with Gasteiger partial charge in [-0.15, -0.1) is 0 Å². The topological polar surface area (TPSA) is 103 Å². The van der Waals surface area contributed by atoms with Crippen LogP contribution in [0.15, 0.2) is 96.3 Å². The molecule has 0 saturated heterocycles. The van der Waals surface area contributed by atoms with Gasteiger partial charge in [-0.25, -0.2) is 17.9 Å². The number of sulfonamides is 1. The number of aromatic nitrogens is 3. The first-order chi connectivity index (χ1) is 17.3. The average molecular weight is 519 g/mol. The Balaban J connectivity index is 1.54. The van der Waals surface area contributed by atoms with E-state index in [1.165, 1.54) is 25.4 Å². The first-order valence-corrected chi connectivity index (χ1v) is 12.6. The molecule has 0 saturated carbocycles. The predicted octanol–water partition coefficient (Wildman–Crippen LogP) is 5.37. The molecule has 36 heavy (non-hydrogen) atoms. The second-order valence-electron chi connectivity index (χ2n) is 7.87. The highest BCUT2D eigenvalue weighted by Gasteiger charge is 2.23. The number of nitrogens with zero attached hydrogens (tertiary/aromatic N) is 3. The number of ether oxygens (including phenoxy) is 1. The zero-order valence-corrected chi connectivity index (χ0v) is 20.5. The van der Waals surface area contributed by atoms with Crippen LogP contribution < -0.4 is 9.46 Å². The van der Waals surface area contributed by atoms with Crippen molar-refractivity contribution >= 4 is 38.4 Å². The number of benzene rings is 3. The second-order valence-corrected chi connectivity index (χ2v) is 9.99. The van der Waals surface area contributed by atoms with Crippen LogP contribution in [0.25, 0.3) is 33.2 Å². The fraction of sp³-hybridized carbons (Fsp3) is 0.0385. The molecule has 180 valence electrons. The molecule has 0 atom stereocenters. The van der Waals surface area contributed by atoms with Crippen molar-refractivity contribution in [2.24, 2.45) is 0 Å². The van der Waals surface area contributed by atoms with Gasteiger partial charge in [0.15, 0.2) is 0 Å². The summed E-state index contributed by atoms with van der Waals surface area (Å²) in [5, 5.41) is 6.45. The van der Waals surface area contributed by atoms with E-state index in [0.29, 0.717) is 27.6 Å². The summed E-state index contributed by atoms with van der Waals surface area (Å²) in [6, 6.07) is 19.7. The summed E-state index contributed by atoms with van der Waals surface area (Å²) < 4.78 is 34.4. The van der Waals surface area contributed by atoms with E-state index in [1.807, 2.05) is 18.2 Å². The summed E-state index contributed by atoms with van der Waals surface area (Å²) in [5.41, 5.74) is 2.32. The number of amides is 1. The molecule has 1 amide bonds. The molecule has 0 spiro atoms. The van der Waals surface area contributed by atoms with Gasteiger partial charge in [0.2, 0.25) is 0 Å². The minimum absolute atomic E-state index is 0.0316. The number of halogens is 1. The lowest BCUT2D eigenvalue weighted by Crippen LogP contribution is -2.34. The molecule has 0 fully saturated rings. The molecule has 8 nitrogen and oxygen atoms in total. The van der Waals surface area contributed by atoms with Gasteiger partial charge in [-0.05, 0) is 58.8 Å². The van der Waals surface area contributed by atoms with Crippen molar-refractivity contribution in [3.63, 3.8) is 0 Å². The van der Waals surface area contributed by atoms with Crippen molar-refractivity contribution in [2.75, 3.05) is 7.11 Å². The van der Waals surface area contributed by atoms with Gasteiger partial charge in [-0.2, -0.15) is 9.78 Å². The summed E-state index contributed by atoms with van der Waals surface area (Å²) in [4.78, 5) is 17.1. The zero-order valence-electron chi connectivity index (χ0n) is 18.9. The Morgan fingerprint density at radius 2 is 1.69 bits per heavy atom. The minimum atomic E-state index is -4.16. The minimum Gasteiger partial charge on any atom is -0.497 e. The van der Waals surface area contributed by atoms with Crippen LogP contribution in [0.2, 0.25) is 5.02 Å². The zero-order chi connectivity index (χ0) is 25.3. The second kappa shape index (κ2) is 9.44. The van der Waals surface area contributed by atoms with Crippen LogP contribution in [0.1, 0.15) is 0 Å². The number of hydrogen-bond acceptors (Lipinski definition) is 6. The van der Waals surface area contributed by atoms with E-state index in [4.69, 9.17) is 16.3 Å². The Morgan fingerprint density at radius 1 is 0.944 bits per heavy atom. The van der Waals surface area contributed by atoms with Crippen molar-refractivity contribution in [3.05, 3.63) is 96.4 Å². The van der Waals surface area contributed by atoms with E-state index >= 15 is 0 Å². The van der Waals surface area contributed by atoms with Crippen molar-refractivity contribution in [2.45, 2.75) is 4.90 Å². The number of rotatable bonds is 5. The number of carbonyl (C=O) groups excluding carboxylic acids is 1. The maximum absolute atomic E-state index is 13.1. The van der Waals surface area contributed by atoms with Gasteiger partial charge < -0.3 is 4.74 Å². The van der Waals surface area contributed by atoms with Crippen molar-refractivity contribution in [3.8, 4) is 28.1 Å². The molecule has 0 unspecified atom stereocenters. The third-order valence-corrected chi connectivity index (χ3v) is 7.08. The van der Waals surface area contributed by atoms with Crippen LogP contribution in [0.4, 0.5) is 4.79 Å². The van der Waals surface area contributed by atoms with E-state index in [2.05, 4.69) is 14.8 Å². The molecule has 0 radical (unpaired) electrons. The number of nitrogens with one attached hydrogen (secondary N) is 1. The van der Waals surface area contributed by atoms with Gasteiger partial charge >= 0.3 is 6.03 Å². The van der Waals surface area contributed by atoms with Crippen LogP contribution in [0, 0.1) is 0 Å². The lowest BCUT2D eigenvalue weighted by Gasteiger charge is -2.08. The smallest absolute Gasteiger partial charge is 0.355 e. The predicted molar refractivity (Wildman–Crippen MR) is 138 cm³/mol. The van der Waals surface area contributed by atoms with E-state index in [0.717, 1.165) is 21.0 Å². The van der Waals surface area contributed by atoms with Gasteiger partial charge in [0.05, 0.1) is 12.0 Å². The molecule has 1 N–H and O–H groups in total. The van der Waals surface area contributed by atoms with Crippen molar-refractivity contribution < 1.29 is 17.9 Å². The largest absolute Gasteiger partial charge is 0.497 e. The quantitative estimate of drug-likeness (QED) is 0.335. The number of hydrogen-bond donors (Lipinski definition) is 1. The molecule has 3 aromatic carbocycles. The molecule has 0 bridgehead atoms. The van der Waals surface area contributed by atoms with Gasteiger partial charge in [0, 0.05) is 34.7 Å². The van der Waals surface area contributed by atoms with E-state index in [-0.39, 0.29) is 4.90 Å². The van der Waals surface area contributed by atoms with Gasteiger partial charge in [0.1, 0.15) is 11.4 Å². The SMILES string of the molecule is COc1cc(Cl)cc(-c2nn(C(=O)NS(=O)(=O)c3ccc4ccccc4c3)cc2-c2ccncc2)c1. The normalized spacial score (nSPS) is 11.4. The molecular formula is C26H19ClN4O4S. The van der Waals surface area contributed by atoms with Crippen molar-refractivity contribution in [1.82, 2.24) is 19.5 Å². The Kier molecular flexibility index (Phi) is 6.17. The van der Waals surface area contributed by atoms with E-state index < -0.39 is 16.1 Å².